The van der Waals surface area contributed by atoms with Gasteiger partial charge in [0.25, 0.3) is 0 Å². The minimum atomic E-state index is 0.0974. The summed E-state index contributed by atoms with van der Waals surface area (Å²) < 4.78 is 5.35. The zero-order chi connectivity index (χ0) is 15.3. The molecule has 114 valence electrons. The van der Waals surface area contributed by atoms with Crippen molar-refractivity contribution in [1.29, 1.82) is 5.26 Å². The molecule has 0 atom stereocenters. The topological polar surface area (TPSA) is 45.0 Å². The van der Waals surface area contributed by atoms with E-state index in [2.05, 4.69) is 32.2 Å². The van der Waals surface area contributed by atoms with Crippen molar-refractivity contribution in [2.24, 2.45) is 11.3 Å². The standard InChI is InChI=1S/C18H26N2O/c1-18(2,3)14-7-9-15(10-8-14)20-16-5-4-6-17(13-16)21-12-11-19/h4-6,13-15,20H,7-10,12H2,1-3H3. The van der Waals surface area contributed by atoms with Gasteiger partial charge in [0, 0.05) is 17.8 Å². The molecule has 21 heavy (non-hydrogen) atoms. The Morgan fingerprint density at radius 2 is 1.95 bits per heavy atom. The fraction of sp³-hybridized carbons (Fsp3) is 0.611. The van der Waals surface area contributed by atoms with Crippen LogP contribution in [0.3, 0.4) is 0 Å². The molecule has 1 aliphatic rings. The average molecular weight is 286 g/mol. The number of hydrogen-bond donors (Lipinski definition) is 1. The van der Waals surface area contributed by atoms with Crippen molar-refractivity contribution in [3.8, 4) is 11.8 Å². The summed E-state index contributed by atoms with van der Waals surface area (Å²) in [7, 11) is 0. The molecule has 0 aliphatic heterocycles. The van der Waals surface area contributed by atoms with Crippen LogP contribution in [-0.2, 0) is 0 Å². The fourth-order valence-corrected chi connectivity index (χ4v) is 3.13. The van der Waals surface area contributed by atoms with Gasteiger partial charge >= 0.3 is 0 Å². The lowest BCUT2D eigenvalue weighted by Gasteiger charge is -2.37. The molecule has 1 aliphatic carbocycles. The summed E-state index contributed by atoms with van der Waals surface area (Å²) in [6.45, 7) is 7.14. The maximum atomic E-state index is 8.56. The van der Waals surface area contributed by atoms with Crippen LogP contribution < -0.4 is 10.1 Å². The van der Waals surface area contributed by atoms with Crippen LogP contribution in [0.25, 0.3) is 0 Å². The maximum absolute atomic E-state index is 8.56. The van der Waals surface area contributed by atoms with E-state index in [-0.39, 0.29) is 6.61 Å². The molecule has 2 rings (SSSR count). The van der Waals surface area contributed by atoms with E-state index in [1.807, 2.05) is 24.3 Å². The van der Waals surface area contributed by atoms with Crippen molar-refractivity contribution in [2.75, 3.05) is 11.9 Å². The van der Waals surface area contributed by atoms with E-state index in [1.54, 1.807) is 0 Å². The number of nitriles is 1. The molecular weight excluding hydrogens is 260 g/mol. The molecule has 1 fully saturated rings. The lowest BCUT2D eigenvalue weighted by molar-refractivity contribution is 0.173. The van der Waals surface area contributed by atoms with E-state index in [9.17, 15) is 0 Å². The first kappa shape index (κ1) is 15.7. The highest BCUT2D eigenvalue weighted by Crippen LogP contribution is 2.38. The predicted molar refractivity (Wildman–Crippen MR) is 86.4 cm³/mol. The van der Waals surface area contributed by atoms with Crippen molar-refractivity contribution in [2.45, 2.75) is 52.5 Å². The van der Waals surface area contributed by atoms with Crippen LogP contribution in [0.2, 0.25) is 0 Å². The van der Waals surface area contributed by atoms with Crippen molar-refractivity contribution < 1.29 is 4.74 Å². The Labute approximate surface area is 128 Å². The molecule has 0 spiro atoms. The van der Waals surface area contributed by atoms with Gasteiger partial charge in [-0.3, -0.25) is 0 Å². The van der Waals surface area contributed by atoms with Crippen LogP contribution in [0.1, 0.15) is 46.5 Å². The van der Waals surface area contributed by atoms with Gasteiger partial charge in [-0.1, -0.05) is 26.8 Å². The van der Waals surface area contributed by atoms with Gasteiger partial charge in [0.15, 0.2) is 6.61 Å². The Bertz CT molecular complexity index is 491. The van der Waals surface area contributed by atoms with Gasteiger partial charge in [-0.2, -0.15) is 5.26 Å². The Balaban J connectivity index is 1.87. The highest BCUT2D eigenvalue weighted by molar-refractivity contribution is 5.49. The van der Waals surface area contributed by atoms with E-state index in [0.717, 1.165) is 17.4 Å². The highest BCUT2D eigenvalue weighted by Gasteiger charge is 2.29. The van der Waals surface area contributed by atoms with Crippen LogP contribution in [0, 0.1) is 22.7 Å². The molecule has 1 aromatic rings. The van der Waals surface area contributed by atoms with E-state index in [4.69, 9.17) is 10.00 Å². The van der Waals surface area contributed by atoms with Crippen LogP contribution in [0.5, 0.6) is 5.75 Å². The summed E-state index contributed by atoms with van der Waals surface area (Å²) in [6, 6.07) is 10.4. The largest absolute Gasteiger partial charge is 0.479 e. The molecule has 0 saturated heterocycles. The molecule has 0 unspecified atom stereocenters. The number of rotatable bonds is 4. The first-order chi connectivity index (χ1) is 9.99. The minimum Gasteiger partial charge on any atom is -0.479 e. The lowest BCUT2D eigenvalue weighted by Crippen LogP contribution is -2.31. The Morgan fingerprint density at radius 3 is 2.57 bits per heavy atom. The lowest BCUT2D eigenvalue weighted by atomic mass is 9.71. The molecule has 0 radical (unpaired) electrons. The van der Waals surface area contributed by atoms with E-state index < -0.39 is 0 Å². The van der Waals surface area contributed by atoms with E-state index in [0.29, 0.717) is 11.5 Å². The molecule has 0 amide bonds. The van der Waals surface area contributed by atoms with Crippen molar-refractivity contribution in [3.05, 3.63) is 24.3 Å². The molecule has 0 aromatic heterocycles. The number of nitrogens with one attached hydrogen (secondary N) is 1. The fourth-order valence-electron chi connectivity index (χ4n) is 3.13. The number of ether oxygens (including phenoxy) is 1. The number of anilines is 1. The first-order valence-corrected chi connectivity index (χ1v) is 7.85. The van der Waals surface area contributed by atoms with Gasteiger partial charge in [-0.15, -0.1) is 0 Å². The van der Waals surface area contributed by atoms with Crippen LogP contribution in [0.4, 0.5) is 5.69 Å². The van der Waals surface area contributed by atoms with Crippen molar-refractivity contribution in [1.82, 2.24) is 0 Å². The average Bonchev–Trinajstić information content (AvgIpc) is 2.45. The smallest absolute Gasteiger partial charge is 0.174 e. The minimum absolute atomic E-state index is 0.0974. The van der Waals surface area contributed by atoms with E-state index in [1.165, 1.54) is 25.7 Å². The summed E-state index contributed by atoms with van der Waals surface area (Å²) >= 11 is 0. The van der Waals surface area contributed by atoms with Gasteiger partial charge in [0.2, 0.25) is 0 Å². The summed E-state index contributed by atoms with van der Waals surface area (Å²) in [4.78, 5) is 0. The molecule has 3 heteroatoms. The summed E-state index contributed by atoms with van der Waals surface area (Å²) in [5.74, 6) is 1.59. The molecule has 0 heterocycles. The Hall–Kier alpha value is -1.69. The SMILES string of the molecule is CC(C)(C)C1CCC(Nc2cccc(OCC#N)c2)CC1. The summed E-state index contributed by atoms with van der Waals surface area (Å²) in [6.07, 6.45) is 5.05. The Kier molecular flexibility index (Phi) is 5.12. The van der Waals surface area contributed by atoms with Gasteiger partial charge in [0.1, 0.15) is 11.8 Å². The molecule has 1 aromatic carbocycles. The van der Waals surface area contributed by atoms with Gasteiger partial charge < -0.3 is 10.1 Å². The van der Waals surface area contributed by atoms with Gasteiger partial charge in [0.05, 0.1) is 0 Å². The second-order valence-corrected chi connectivity index (χ2v) is 7.03. The number of benzene rings is 1. The predicted octanol–water partition coefficient (Wildman–Crippen LogP) is 4.61. The third-order valence-corrected chi connectivity index (χ3v) is 4.46. The summed E-state index contributed by atoms with van der Waals surface area (Å²) in [5.41, 5.74) is 1.51. The van der Waals surface area contributed by atoms with Crippen molar-refractivity contribution >= 4 is 5.69 Å². The second-order valence-electron chi connectivity index (χ2n) is 7.03. The number of hydrogen-bond acceptors (Lipinski definition) is 3. The highest BCUT2D eigenvalue weighted by atomic mass is 16.5. The molecule has 0 bridgehead atoms. The normalized spacial score (nSPS) is 22.4. The van der Waals surface area contributed by atoms with Crippen LogP contribution in [-0.4, -0.2) is 12.6 Å². The quantitative estimate of drug-likeness (QED) is 0.879. The molecule has 1 N–H and O–H groups in total. The molecular formula is C18H26N2O. The third-order valence-electron chi connectivity index (χ3n) is 4.46. The molecule has 3 nitrogen and oxygen atoms in total. The summed E-state index contributed by atoms with van der Waals surface area (Å²) in [5, 5.41) is 12.2. The zero-order valence-electron chi connectivity index (χ0n) is 13.4. The Morgan fingerprint density at radius 1 is 1.24 bits per heavy atom. The van der Waals surface area contributed by atoms with Crippen molar-refractivity contribution in [3.63, 3.8) is 0 Å². The van der Waals surface area contributed by atoms with Crippen LogP contribution in [0.15, 0.2) is 24.3 Å². The second kappa shape index (κ2) is 6.85. The first-order valence-electron chi connectivity index (χ1n) is 7.85. The molecule has 1 saturated carbocycles. The third kappa shape index (κ3) is 4.67. The number of nitrogens with zero attached hydrogens (tertiary/aromatic N) is 1. The zero-order valence-corrected chi connectivity index (χ0v) is 13.4. The maximum Gasteiger partial charge on any atom is 0.174 e. The monoisotopic (exact) mass is 286 g/mol. The van der Waals surface area contributed by atoms with Gasteiger partial charge in [-0.25, -0.2) is 0 Å². The van der Waals surface area contributed by atoms with Crippen LogP contribution >= 0.6 is 0 Å². The van der Waals surface area contributed by atoms with Gasteiger partial charge in [-0.05, 0) is 49.1 Å². The van der Waals surface area contributed by atoms with E-state index >= 15 is 0 Å².